The van der Waals surface area contributed by atoms with E-state index in [9.17, 15) is 26.4 Å². The van der Waals surface area contributed by atoms with Gasteiger partial charge in [-0.1, -0.05) is 18.2 Å². The van der Waals surface area contributed by atoms with Crippen molar-refractivity contribution in [2.24, 2.45) is 0 Å². The van der Waals surface area contributed by atoms with Crippen molar-refractivity contribution in [3.8, 4) is 56.7 Å². The second-order valence-electron chi connectivity index (χ2n) is 22.6. The minimum absolute atomic E-state index is 0.0738. The van der Waals surface area contributed by atoms with Crippen LogP contribution in [-0.2, 0) is 46.0 Å². The molecule has 2 N–H and O–H groups in total. The molecule has 2 atom stereocenters. The van der Waals surface area contributed by atoms with E-state index in [1.807, 2.05) is 59.4 Å². The summed E-state index contributed by atoms with van der Waals surface area (Å²) in [6.07, 6.45) is 5.56. The predicted molar refractivity (Wildman–Crippen MR) is 323 cm³/mol. The molecule has 7 aromatic heterocycles. The van der Waals surface area contributed by atoms with E-state index >= 15 is 8.78 Å². The first-order valence-corrected chi connectivity index (χ1v) is 31.5. The first kappa shape index (κ1) is 53.8. The van der Waals surface area contributed by atoms with Crippen molar-refractivity contribution in [1.82, 2.24) is 39.5 Å². The molecule has 18 nitrogen and oxygen atoms in total. The van der Waals surface area contributed by atoms with Crippen molar-refractivity contribution in [2.45, 2.75) is 64.1 Å². The number of aryl methyl sites for hydroxylation is 4. The number of anilines is 2. The van der Waals surface area contributed by atoms with E-state index in [1.165, 1.54) is 40.3 Å². The van der Waals surface area contributed by atoms with Crippen LogP contribution in [0.5, 0.6) is 0 Å². The zero-order valence-electron chi connectivity index (χ0n) is 47.5. The molecule has 0 bridgehead atoms. The maximum absolute atomic E-state index is 16.9. The van der Waals surface area contributed by atoms with Gasteiger partial charge in [-0.2, -0.15) is 5.10 Å². The number of hydrogen-bond donors (Lipinski definition) is 2. The Labute approximate surface area is 486 Å². The monoisotopic (exact) mass is 1180 g/mol. The molecule has 85 heavy (non-hydrogen) atoms. The number of fused-ring (bicyclic) bond motifs is 12. The zero-order valence-corrected chi connectivity index (χ0v) is 49.1. The SMILES string of the molecule is CNC(=O)c1c(-c2ccnn2C(C)C)oc2cc(N(C)S(C)(=O)=O)c(-c3ccc4c(n3)-c3cc5c(F)cc(C6CC6c6oc7cc(N(C)S(C)(=O)=O)c(-c8ccc9c(n8)-c8cc%10c(F)cccc%10n8CC9)cc7c6C(=O)NC)cc5n3CC4)cc12. The van der Waals surface area contributed by atoms with Gasteiger partial charge in [-0.3, -0.25) is 22.9 Å². The number of furan rings is 2. The third kappa shape index (κ3) is 8.45. The number of carbonyl (C=O) groups excluding carboxylic acids is 2. The van der Waals surface area contributed by atoms with Gasteiger partial charge < -0.3 is 28.6 Å². The molecule has 1 saturated carbocycles. The highest BCUT2D eigenvalue weighted by Gasteiger charge is 2.46. The molecule has 3 aliphatic rings. The second-order valence-corrected chi connectivity index (χ2v) is 26.6. The number of benzene rings is 4. The molecule has 0 radical (unpaired) electrons. The van der Waals surface area contributed by atoms with E-state index in [2.05, 4.69) is 15.7 Å². The lowest BCUT2D eigenvalue weighted by atomic mass is 9.98. The van der Waals surface area contributed by atoms with Gasteiger partial charge in [0, 0.05) is 104 Å². The Balaban J connectivity index is 0.849. The lowest BCUT2D eigenvalue weighted by molar-refractivity contribution is 0.0955. The second kappa shape index (κ2) is 19.2. The third-order valence-corrected chi connectivity index (χ3v) is 19.6. The Morgan fingerprint density at radius 3 is 1.76 bits per heavy atom. The molecule has 22 heteroatoms. The largest absolute Gasteiger partial charge is 0.460 e. The van der Waals surface area contributed by atoms with Crippen LogP contribution in [0, 0.1) is 11.6 Å². The number of nitrogens with one attached hydrogen (secondary N) is 2. The molecule has 1 fully saturated rings. The average molecular weight is 1180 g/mol. The van der Waals surface area contributed by atoms with Crippen molar-refractivity contribution >= 4 is 87.0 Å². The van der Waals surface area contributed by atoms with Crippen LogP contribution in [0.1, 0.15) is 81.3 Å². The molecule has 0 spiro atoms. The third-order valence-electron chi connectivity index (χ3n) is 17.3. The summed E-state index contributed by atoms with van der Waals surface area (Å²) >= 11 is 0. The normalized spacial score (nSPS) is 15.6. The summed E-state index contributed by atoms with van der Waals surface area (Å²) in [6, 6.07) is 28.0. The first-order chi connectivity index (χ1) is 40.6. The highest BCUT2D eigenvalue weighted by Crippen LogP contribution is 2.58. The van der Waals surface area contributed by atoms with Crippen molar-refractivity contribution in [2.75, 3.05) is 49.3 Å². The fraction of sp³-hybridized carbons (Fsp3) is 0.254. The lowest BCUT2D eigenvalue weighted by Crippen LogP contribution is -2.25. The molecule has 2 aliphatic heterocycles. The number of amides is 2. The number of nitrogens with zero attached hydrogens (tertiary/aromatic N) is 8. The van der Waals surface area contributed by atoms with E-state index in [-0.39, 0.29) is 63.1 Å². The minimum atomic E-state index is -3.84. The Morgan fingerprint density at radius 2 is 1.19 bits per heavy atom. The average Bonchev–Trinajstić information content (AvgIpc) is 1.91. The van der Waals surface area contributed by atoms with Crippen LogP contribution in [0.15, 0.2) is 112 Å². The summed E-state index contributed by atoms with van der Waals surface area (Å²) in [7, 11) is -1.74. The summed E-state index contributed by atoms with van der Waals surface area (Å²) in [5, 5.41) is 11.7. The van der Waals surface area contributed by atoms with Crippen LogP contribution in [0.2, 0.25) is 0 Å². The molecule has 2 amide bonds. The topological polar surface area (TPSA) is 213 Å². The summed E-state index contributed by atoms with van der Waals surface area (Å²) in [4.78, 5) is 38.3. The summed E-state index contributed by atoms with van der Waals surface area (Å²) in [5.74, 6) is -1.59. The van der Waals surface area contributed by atoms with Gasteiger partial charge in [0.25, 0.3) is 11.8 Å². The van der Waals surface area contributed by atoms with Crippen LogP contribution in [0.3, 0.4) is 0 Å². The van der Waals surface area contributed by atoms with Gasteiger partial charge in [-0.05, 0) is 122 Å². The van der Waals surface area contributed by atoms with Crippen molar-refractivity contribution in [3.63, 3.8) is 0 Å². The number of rotatable bonds is 12. The Hall–Kier alpha value is -9.15. The summed E-state index contributed by atoms with van der Waals surface area (Å²) < 4.78 is 107. The highest BCUT2D eigenvalue weighted by atomic mass is 32.2. The van der Waals surface area contributed by atoms with Gasteiger partial charge in [-0.25, -0.2) is 35.6 Å². The van der Waals surface area contributed by atoms with Gasteiger partial charge in [0.2, 0.25) is 20.0 Å². The van der Waals surface area contributed by atoms with Gasteiger partial charge in [0.1, 0.15) is 34.3 Å². The Morgan fingerprint density at radius 1 is 0.635 bits per heavy atom. The number of sulfonamides is 2. The molecule has 9 heterocycles. The van der Waals surface area contributed by atoms with Crippen LogP contribution >= 0.6 is 0 Å². The van der Waals surface area contributed by atoms with Crippen molar-refractivity contribution in [1.29, 1.82) is 0 Å². The van der Waals surface area contributed by atoms with E-state index in [1.54, 1.807) is 59.4 Å². The van der Waals surface area contributed by atoms with Crippen LogP contribution < -0.4 is 19.2 Å². The van der Waals surface area contributed by atoms with E-state index in [0.29, 0.717) is 116 Å². The molecule has 1 aliphatic carbocycles. The molecule has 432 valence electrons. The van der Waals surface area contributed by atoms with E-state index in [4.69, 9.17) is 18.8 Å². The van der Waals surface area contributed by atoms with Crippen molar-refractivity contribution < 1.29 is 44.0 Å². The molecular formula is C63H56F2N10O8S2. The van der Waals surface area contributed by atoms with E-state index < -0.39 is 37.7 Å². The van der Waals surface area contributed by atoms with Gasteiger partial charge in [0.05, 0.1) is 80.2 Å². The van der Waals surface area contributed by atoms with Crippen molar-refractivity contribution in [3.05, 3.63) is 148 Å². The number of halogens is 2. The van der Waals surface area contributed by atoms with Crippen LogP contribution in [-0.4, -0.2) is 98.2 Å². The van der Waals surface area contributed by atoms with Gasteiger partial charge in [-0.15, -0.1) is 0 Å². The van der Waals surface area contributed by atoms with Crippen LogP contribution in [0.25, 0.3) is 100 Å². The lowest BCUT2D eigenvalue weighted by Gasteiger charge is -2.23. The van der Waals surface area contributed by atoms with Crippen LogP contribution in [0.4, 0.5) is 20.2 Å². The highest BCUT2D eigenvalue weighted by molar-refractivity contribution is 7.92. The maximum atomic E-state index is 16.9. The fourth-order valence-electron chi connectivity index (χ4n) is 12.7. The molecular weight excluding hydrogens is 1130 g/mol. The maximum Gasteiger partial charge on any atom is 0.255 e. The molecule has 2 unspecified atom stereocenters. The molecule has 11 aromatic rings. The number of carbonyl (C=O) groups is 2. The minimum Gasteiger partial charge on any atom is -0.460 e. The first-order valence-electron chi connectivity index (χ1n) is 27.8. The molecule has 4 aromatic carbocycles. The number of pyridine rings is 2. The summed E-state index contributed by atoms with van der Waals surface area (Å²) in [6.45, 7) is 5.06. The zero-order chi connectivity index (χ0) is 59.4. The Kier molecular flexibility index (Phi) is 12.2. The smallest absolute Gasteiger partial charge is 0.255 e. The number of hydrogen-bond acceptors (Lipinski definition) is 11. The standard InChI is InChI=1S/C63H56F2N10O8S2/c1-31(2)75-48(16-19-68-75)61-57(63(77)67-4)42-26-40(50(30-55(42)83-61)72(6)85(8,80)81)46-15-13-33-18-21-74-51-23-34(22-44(65)38(51)28-53(74)59(33)70-46)35-24-36(35)60-56(62(76)66-3)41-25-39(49(29-54(41)82-60)71(5)84(7,78)79)45-14-12-32-17-20-73-47-11-9-10-43(64)37(47)27-52(73)58(32)69-45/h9-16,19,22-23,25-31,35-36H,17-18,20-21,24H2,1-8H3,(H,66,76)(H,67,77). The fourth-order valence-corrected chi connectivity index (χ4v) is 13.8. The molecule has 0 saturated heterocycles. The van der Waals surface area contributed by atoms with Gasteiger partial charge >= 0.3 is 0 Å². The van der Waals surface area contributed by atoms with E-state index in [0.717, 1.165) is 43.5 Å². The quantitative estimate of drug-likeness (QED) is 0.117. The molecule has 14 rings (SSSR count). The Bertz CT molecular complexity index is 4980. The summed E-state index contributed by atoms with van der Waals surface area (Å²) in [5.41, 5.74) is 10.4. The van der Waals surface area contributed by atoms with Gasteiger partial charge in [0.15, 0.2) is 5.76 Å². The predicted octanol–water partition coefficient (Wildman–Crippen LogP) is 11.2. The number of aromatic nitrogens is 6.